The van der Waals surface area contributed by atoms with Crippen LogP contribution in [0.25, 0.3) is 0 Å². The smallest absolute Gasteiger partial charge is 0.0278 e. The van der Waals surface area contributed by atoms with Gasteiger partial charge in [-0.15, -0.1) is 0 Å². The van der Waals surface area contributed by atoms with E-state index in [9.17, 15) is 0 Å². The van der Waals surface area contributed by atoms with Crippen LogP contribution in [0.2, 0.25) is 0 Å². The van der Waals surface area contributed by atoms with Gasteiger partial charge < -0.3 is 5.32 Å². The molecule has 0 aromatic rings. The van der Waals surface area contributed by atoms with Crippen LogP contribution in [0.1, 0.15) is 59.3 Å². The first-order valence-corrected chi connectivity index (χ1v) is 7.67. The predicted octanol–water partition coefficient (Wildman–Crippen LogP) is 3.03. The molecular weight excluding hydrogens is 208 g/mol. The molecule has 0 bridgehead atoms. The van der Waals surface area contributed by atoms with Crippen LogP contribution in [0.3, 0.4) is 0 Å². The molecule has 17 heavy (non-hydrogen) atoms. The lowest BCUT2D eigenvalue weighted by atomic mass is 9.80. The lowest BCUT2D eigenvalue weighted by molar-refractivity contribution is 0.0448. The van der Waals surface area contributed by atoms with Gasteiger partial charge in [0.1, 0.15) is 0 Å². The molecule has 2 unspecified atom stereocenters. The van der Waals surface area contributed by atoms with Gasteiger partial charge in [-0.25, -0.2) is 0 Å². The van der Waals surface area contributed by atoms with Crippen molar-refractivity contribution in [2.45, 2.75) is 70.9 Å². The summed E-state index contributed by atoms with van der Waals surface area (Å²) in [5.74, 6) is 0.956. The van der Waals surface area contributed by atoms with Crippen LogP contribution >= 0.6 is 0 Å². The number of likely N-dealkylation sites (N-methyl/N-ethyl adjacent to an activating group) is 1. The zero-order valence-corrected chi connectivity index (χ0v) is 12.0. The third kappa shape index (κ3) is 3.03. The van der Waals surface area contributed by atoms with Crippen LogP contribution < -0.4 is 5.32 Å². The zero-order valence-electron chi connectivity index (χ0n) is 12.0. The van der Waals surface area contributed by atoms with E-state index in [0.717, 1.165) is 12.0 Å². The van der Waals surface area contributed by atoms with Gasteiger partial charge in [-0.1, -0.05) is 33.1 Å². The molecule has 1 saturated heterocycles. The molecule has 0 aromatic heterocycles. The van der Waals surface area contributed by atoms with Gasteiger partial charge >= 0.3 is 0 Å². The Morgan fingerprint density at radius 3 is 2.47 bits per heavy atom. The van der Waals surface area contributed by atoms with E-state index in [-0.39, 0.29) is 0 Å². The van der Waals surface area contributed by atoms with Gasteiger partial charge in [0.25, 0.3) is 0 Å². The fourth-order valence-electron chi connectivity index (χ4n) is 3.67. The molecule has 2 heteroatoms. The minimum atomic E-state index is 0.348. The monoisotopic (exact) mass is 238 g/mol. The number of hydrogen-bond acceptors (Lipinski definition) is 2. The highest BCUT2D eigenvalue weighted by molar-refractivity contribution is 4.96. The van der Waals surface area contributed by atoms with Crippen molar-refractivity contribution in [3.8, 4) is 0 Å². The Bertz CT molecular complexity index is 235. The second-order valence-corrected chi connectivity index (χ2v) is 6.32. The van der Waals surface area contributed by atoms with E-state index in [0.29, 0.717) is 5.54 Å². The Kier molecular flexibility index (Phi) is 4.48. The van der Waals surface area contributed by atoms with Gasteiger partial charge in [-0.2, -0.15) is 0 Å². The summed E-state index contributed by atoms with van der Waals surface area (Å²) in [5.41, 5.74) is 0.348. The number of hydrogen-bond donors (Lipinski definition) is 1. The number of piperazine rings is 1. The normalized spacial score (nSPS) is 37.2. The molecule has 1 aliphatic carbocycles. The van der Waals surface area contributed by atoms with E-state index in [1.54, 1.807) is 0 Å². The molecule has 2 fully saturated rings. The molecular formula is C15H30N2. The van der Waals surface area contributed by atoms with Crippen LogP contribution in [0.5, 0.6) is 0 Å². The second-order valence-electron chi connectivity index (χ2n) is 6.32. The molecule has 0 aromatic carbocycles. The molecule has 2 aliphatic rings. The molecule has 2 nitrogen and oxygen atoms in total. The van der Waals surface area contributed by atoms with Gasteiger partial charge in [-0.3, -0.25) is 4.90 Å². The molecule has 1 heterocycles. The Labute approximate surface area is 107 Å². The average Bonchev–Trinajstić information content (AvgIpc) is 2.39. The molecule has 1 aliphatic heterocycles. The quantitative estimate of drug-likeness (QED) is 0.813. The maximum Gasteiger partial charge on any atom is 0.0278 e. The van der Waals surface area contributed by atoms with Crippen molar-refractivity contribution in [1.29, 1.82) is 0 Å². The van der Waals surface area contributed by atoms with Crippen LogP contribution in [0.4, 0.5) is 0 Å². The standard InChI is InChI=1S/C15H30N2/c1-4-15(3)12-17(5-2)14(11-16-15)13-9-7-6-8-10-13/h13-14,16H,4-12H2,1-3H3. The number of rotatable bonds is 3. The van der Waals surface area contributed by atoms with Gasteiger partial charge in [-0.05, 0) is 38.6 Å². The van der Waals surface area contributed by atoms with E-state index in [1.807, 2.05) is 0 Å². The van der Waals surface area contributed by atoms with Crippen LogP contribution in [0.15, 0.2) is 0 Å². The SMILES string of the molecule is CCN1CC(C)(CC)NCC1C1CCCCC1. The fraction of sp³-hybridized carbons (Fsp3) is 1.00. The largest absolute Gasteiger partial charge is 0.309 e. The Morgan fingerprint density at radius 2 is 1.88 bits per heavy atom. The van der Waals surface area contributed by atoms with E-state index in [4.69, 9.17) is 0 Å². The summed E-state index contributed by atoms with van der Waals surface area (Å²) in [6.45, 7) is 10.7. The number of nitrogens with one attached hydrogen (secondary N) is 1. The van der Waals surface area contributed by atoms with Gasteiger partial charge in [0.05, 0.1) is 0 Å². The Morgan fingerprint density at radius 1 is 1.18 bits per heavy atom. The topological polar surface area (TPSA) is 15.3 Å². The molecule has 0 spiro atoms. The molecule has 1 N–H and O–H groups in total. The van der Waals surface area contributed by atoms with Gasteiger partial charge in [0, 0.05) is 24.7 Å². The maximum absolute atomic E-state index is 3.82. The highest BCUT2D eigenvalue weighted by atomic mass is 15.2. The van der Waals surface area contributed by atoms with Gasteiger partial charge in [0.2, 0.25) is 0 Å². The summed E-state index contributed by atoms with van der Waals surface area (Å²) in [6.07, 6.45) is 8.56. The summed E-state index contributed by atoms with van der Waals surface area (Å²) in [5, 5.41) is 3.82. The highest BCUT2D eigenvalue weighted by Crippen LogP contribution is 2.31. The molecule has 1 saturated carbocycles. The minimum Gasteiger partial charge on any atom is -0.309 e. The van der Waals surface area contributed by atoms with Gasteiger partial charge in [0.15, 0.2) is 0 Å². The fourth-order valence-corrected chi connectivity index (χ4v) is 3.67. The van der Waals surface area contributed by atoms with Crippen LogP contribution in [-0.4, -0.2) is 36.1 Å². The third-order valence-corrected chi connectivity index (χ3v) is 5.14. The van der Waals surface area contributed by atoms with E-state index < -0.39 is 0 Å². The summed E-state index contributed by atoms with van der Waals surface area (Å²) in [7, 11) is 0. The predicted molar refractivity (Wildman–Crippen MR) is 74.3 cm³/mol. The molecule has 0 amide bonds. The summed E-state index contributed by atoms with van der Waals surface area (Å²) in [4.78, 5) is 2.75. The highest BCUT2D eigenvalue weighted by Gasteiger charge is 2.37. The molecule has 2 rings (SSSR count). The average molecular weight is 238 g/mol. The first-order chi connectivity index (χ1) is 8.18. The molecule has 100 valence electrons. The first kappa shape index (κ1) is 13.4. The zero-order chi connectivity index (χ0) is 12.3. The van der Waals surface area contributed by atoms with Crippen molar-refractivity contribution in [2.75, 3.05) is 19.6 Å². The van der Waals surface area contributed by atoms with Crippen LogP contribution in [-0.2, 0) is 0 Å². The van der Waals surface area contributed by atoms with Crippen molar-refractivity contribution < 1.29 is 0 Å². The summed E-state index contributed by atoms with van der Waals surface area (Å²) in [6, 6.07) is 0.805. The van der Waals surface area contributed by atoms with Crippen molar-refractivity contribution in [2.24, 2.45) is 5.92 Å². The maximum atomic E-state index is 3.82. The molecule has 2 atom stereocenters. The van der Waals surface area contributed by atoms with Crippen molar-refractivity contribution in [3.05, 3.63) is 0 Å². The second kappa shape index (κ2) is 5.71. The summed E-state index contributed by atoms with van der Waals surface area (Å²) < 4.78 is 0. The van der Waals surface area contributed by atoms with E-state index >= 15 is 0 Å². The first-order valence-electron chi connectivity index (χ1n) is 7.67. The lowest BCUT2D eigenvalue weighted by Gasteiger charge is -2.49. The summed E-state index contributed by atoms with van der Waals surface area (Å²) >= 11 is 0. The van der Waals surface area contributed by atoms with Crippen molar-refractivity contribution >= 4 is 0 Å². The Balaban J connectivity index is 1.98. The van der Waals surface area contributed by atoms with E-state index in [1.165, 1.54) is 58.2 Å². The molecule has 0 radical (unpaired) electrons. The van der Waals surface area contributed by atoms with Crippen molar-refractivity contribution in [3.63, 3.8) is 0 Å². The number of nitrogens with zero attached hydrogens (tertiary/aromatic N) is 1. The third-order valence-electron chi connectivity index (χ3n) is 5.14. The lowest BCUT2D eigenvalue weighted by Crippen LogP contribution is -2.64. The van der Waals surface area contributed by atoms with E-state index in [2.05, 4.69) is 31.0 Å². The van der Waals surface area contributed by atoms with Crippen LogP contribution in [0, 0.1) is 5.92 Å². The van der Waals surface area contributed by atoms with Crippen molar-refractivity contribution in [1.82, 2.24) is 10.2 Å². The minimum absolute atomic E-state index is 0.348. The Hall–Kier alpha value is -0.0800.